The van der Waals surface area contributed by atoms with Crippen LogP contribution in [0.1, 0.15) is 96.1 Å². The van der Waals surface area contributed by atoms with Gasteiger partial charge in [-0.2, -0.15) is 0 Å². The Labute approximate surface area is 217 Å². The highest BCUT2D eigenvalue weighted by atomic mass is 32.2. The van der Waals surface area contributed by atoms with E-state index in [9.17, 15) is 9.59 Å². The van der Waals surface area contributed by atoms with Gasteiger partial charge in [0, 0.05) is 23.9 Å². The van der Waals surface area contributed by atoms with Crippen LogP contribution in [0, 0.1) is 11.8 Å². The van der Waals surface area contributed by atoms with Crippen molar-refractivity contribution in [1.82, 2.24) is 10.2 Å². The number of rotatable bonds is 8. The number of carbonyl (C=O) groups is 2. The molecule has 2 amide bonds. The van der Waals surface area contributed by atoms with Gasteiger partial charge >= 0.3 is 0 Å². The maximum Gasteiger partial charge on any atom is 0.243 e. The molecule has 192 valence electrons. The largest absolute Gasteiger partial charge is 0.350 e. The lowest BCUT2D eigenvalue weighted by Gasteiger charge is -2.30. The first kappa shape index (κ1) is 27.6. The van der Waals surface area contributed by atoms with Gasteiger partial charge in [-0.25, -0.2) is 0 Å². The number of thioether (sulfide) groups is 1. The maximum absolute atomic E-state index is 12.9. The van der Waals surface area contributed by atoms with Crippen LogP contribution in [-0.2, 0) is 16.1 Å². The lowest BCUT2D eigenvalue weighted by Crippen LogP contribution is -2.47. The molecule has 1 aromatic rings. The first-order valence-corrected chi connectivity index (χ1v) is 14.4. The lowest BCUT2D eigenvalue weighted by atomic mass is 9.88. The summed E-state index contributed by atoms with van der Waals surface area (Å²) < 4.78 is 0. The Morgan fingerprint density at radius 1 is 1.03 bits per heavy atom. The zero-order chi connectivity index (χ0) is 25.2. The van der Waals surface area contributed by atoms with E-state index in [1.54, 1.807) is 11.8 Å². The van der Waals surface area contributed by atoms with Crippen LogP contribution in [0.5, 0.6) is 0 Å². The molecule has 0 aromatic heterocycles. The molecule has 5 heteroatoms. The lowest BCUT2D eigenvalue weighted by molar-refractivity contribution is -0.142. The molecule has 35 heavy (non-hydrogen) atoms. The number of amides is 2. The van der Waals surface area contributed by atoms with Crippen molar-refractivity contribution < 1.29 is 9.59 Å². The molecule has 0 radical (unpaired) electrons. The number of nitrogens with one attached hydrogen (secondary N) is 1. The zero-order valence-electron chi connectivity index (χ0n) is 22.0. The van der Waals surface area contributed by atoms with E-state index >= 15 is 0 Å². The summed E-state index contributed by atoms with van der Waals surface area (Å²) in [7, 11) is 0. The molecule has 1 N–H and O–H groups in total. The zero-order valence-corrected chi connectivity index (χ0v) is 22.8. The normalized spacial score (nSPS) is 20.0. The Morgan fingerprint density at radius 3 is 2.26 bits per heavy atom. The van der Waals surface area contributed by atoms with Crippen LogP contribution in [-0.4, -0.2) is 29.3 Å². The first-order chi connectivity index (χ1) is 16.9. The van der Waals surface area contributed by atoms with E-state index in [-0.39, 0.29) is 23.8 Å². The molecule has 0 spiro atoms. The van der Waals surface area contributed by atoms with Gasteiger partial charge in [0.2, 0.25) is 11.8 Å². The number of likely N-dealkylation sites (tertiary alicyclic amines) is 1. The van der Waals surface area contributed by atoms with Crippen molar-refractivity contribution in [2.24, 2.45) is 11.8 Å². The minimum absolute atomic E-state index is 0.0204. The van der Waals surface area contributed by atoms with Crippen LogP contribution < -0.4 is 5.32 Å². The van der Waals surface area contributed by atoms with Gasteiger partial charge < -0.3 is 10.2 Å². The average molecular weight is 497 g/mol. The monoisotopic (exact) mass is 496 g/mol. The molecule has 4 nitrogen and oxygen atoms in total. The quantitative estimate of drug-likeness (QED) is 0.410. The van der Waals surface area contributed by atoms with Crippen molar-refractivity contribution in [3.8, 4) is 0 Å². The summed E-state index contributed by atoms with van der Waals surface area (Å²) in [5.41, 5.74) is 3.48. The van der Waals surface area contributed by atoms with Crippen LogP contribution in [0.4, 0.5) is 0 Å². The summed E-state index contributed by atoms with van der Waals surface area (Å²) in [6, 6.07) is 7.99. The van der Waals surface area contributed by atoms with E-state index in [4.69, 9.17) is 0 Å². The minimum atomic E-state index is -0.306. The molecule has 3 aliphatic rings. The number of allylic oxidation sites excluding steroid dienone is 1. The Hall–Kier alpha value is -2.01. The number of hydrogen-bond acceptors (Lipinski definition) is 3. The Morgan fingerprint density at radius 2 is 1.71 bits per heavy atom. The Bertz CT molecular complexity index is 878. The molecular weight excluding hydrogens is 452 g/mol. The molecular formula is C30H44N2O2S. The van der Waals surface area contributed by atoms with Gasteiger partial charge in [-0.1, -0.05) is 93.6 Å². The van der Waals surface area contributed by atoms with E-state index in [1.165, 1.54) is 36.2 Å². The van der Waals surface area contributed by atoms with Gasteiger partial charge in [0.05, 0.1) is 0 Å². The number of hydrogen-bond donors (Lipinski definition) is 1. The topological polar surface area (TPSA) is 49.4 Å². The SMILES string of the molecule is C=CSC(=C(C)C)c1ccc(CNC(=O)C2CCCN2C(=O)C2CCCCC2)cc1.CCC1CC1. The second kappa shape index (κ2) is 13.9. The number of carbonyl (C=O) groups excluding carboxylic acids is 2. The third-order valence-electron chi connectivity index (χ3n) is 7.41. The summed E-state index contributed by atoms with van der Waals surface area (Å²) in [6.07, 6.45) is 11.6. The minimum Gasteiger partial charge on any atom is -0.350 e. The average Bonchev–Trinajstić information content (AvgIpc) is 3.61. The van der Waals surface area contributed by atoms with Crippen molar-refractivity contribution in [3.05, 3.63) is 53.0 Å². The fourth-order valence-electron chi connectivity index (χ4n) is 5.05. The predicted octanol–water partition coefficient (Wildman–Crippen LogP) is 7.31. The van der Waals surface area contributed by atoms with Gasteiger partial charge in [-0.15, -0.1) is 0 Å². The van der Waals surface area contributed by atoms with Crippen LogP contribution in [0.25, 0.3) is 4.91 Å². The van der Waals surface area contributed by atoms with E-state index in [0.29, 0.717) is 13.1 Å². The fraction of sp³-hybridized carbons (Fsp3) is 0.600. The van der Waals surface area contributed by atoms with Crippen molar-refractivity contribution in [2.45, 2.75) is 97.6 Å². The Kier molecular flexibility index (Phi) is 11.0. The smallest absolute Gasteiger partial charge is 0.243 e. The van der Waals surface area contributed by atoms with Crippen LogP contribution in [0.3, 0.4) is 0 Å². The van der Waals surface area contributed by atoms with Gasteiger partial charge in [-0.3, -0.25) is 9.59 Å². The van der Waals surface area contributed by atoms with E-state index in [0.717, 1.165) is 55.6 Å². The summed E-state index contributed by atoms with van der Waals surface area (Å²) in [5, 5.41) is 4.90. The highest BCUT2D eigenvalue weighted by Gasteiger charge is 2.37. The fourth-order valence-corrected chi connectivity index (χ4v) is 5.73. The third-order valence-corrected chi connectivity index (χ3v) is 8.45. The Balaban J connectivity index is 0.000000607. The second-order valence-corrected chi connectivity index (χ2v) is 11.4. The van der Waals surface area contributed by atoms with Gasteiger partial charge in [0.25, 0.3) is 0 Å². The molecule has 1 aromatic carbocycles. The van der Waals surface area contributed by atoms with E-state index in [2.05, 4.69) is 56.9 Å². The molecule has 0 bridgehead atoms. The van der Waals surface area contributed by atoms with Crippen molar-refractivity contribution in [2.75, 3.05) is 6.54 Å². The summed E-state index contributed by atoms with van der Waals surface area (Å²) in [5.74, 6) is 1.44. The van der Waals surface area contributed by atoms with Crippen LogP contribution in [0.2, 0.25) is 0 Å². The van der Waals surface area contributed by atoms with Gasteiger partial charge in [-0.05, 0) is 62.0 Å². The van der Waals surface area contributed by atoms with Crippen LogP contribution >= 0.6 is 11.8 Å². The van der Waals surface area contributed by atoms with Gasteiger partial charge in [0.1, 0.15) is 6.04 Å². The molecule has 2 saturated carbocycles. The van der Waals surface area contributed by atoms with Crippen molar-refractivity contribution >= 4 is 28.5 Å². The highest BCUT2D eigenvalue weighted by Crippen LogP contribution is 2.32. The molecule has 1 heterocycles. The third kappa shape index (κ3) is 8.27. The standard InChI is InChI=1S/C25H34N2O2S.C5H10/c1-4-30-23(18(2)3)20-14-12-19(13-15-20)17-26-24(28)22-11-8-16-27(22)25(29)21-9-6-5-7-10-21;1-2-5-3-4-5/h4,12-15,21-22H,1,5-11,16-17H2,2-3H3,(H,26,28);5H,2-4H2,1H3. The first-order valence-electron chi connectivity index (χ1n) is 13.6. The molecule has 1 unspecified atom stereocenters. The van der Waals surface area contributed by atoms with Crippen molar-refractivity contribution in [3.63, 3.8) is 0 Å². The predicted molar refractivity (Wildman–Crippen MR) is 149 cm³/mol. The summed E-state index contributed by atoms with van der Waals surface area (Å²) in [4.78, 5) is 28.8. The molecule has 1 aliphatic heterocycles. The highest BCUT2D eigenvalue weighted by molar-refractivity contribution is 8.10. The summed E-state index contributed by atoms with van der Waals surface area (Å²) in [6.45, 7) is 11.5. The number of nitrogens with zero attached hydrogens (tertiary/aromatic N) is 1. The van der Waals surface area contributed by atoms with Crippen LogP contribution in [0.15, 0.2) is 41.8 Å². The van der Waals surface area contributed by atoms with E-state index < -0.39 is 0 Å². The maximum atomic E-state index is 12.9. The summed E-state index contributed by atoms with van der Waals surface area (Å²) >= 11 is 1.63. The molecule has 1 atom stereocenters. The second-order valence-electron chi connectivity index (χ2n) is 10.4. The molecule has 1 saturated heterocycles. The molecule has 4 rings (SSSR count). The van der Waals surface area contributed by atoms with Crippen molar-refractivity contribution in [1.29, 1.82) is 0 Å². The molecule has 2 aliphatic carbocycles. The number of benzene rings is 1. The van der Waals surface area contributed by atoms with E-state index in [1.807, 2.05) is 10.3 Å². The molecule has 3 fully saturated rings. The van der Waals surface area contributed by atoms with Gasteiger partial charge in [0.15, 0.2) is 0 Å².